The van der Waals surface area contributed by atoms with Crippen LogP contribution in [0.2, 0.25) is 5.02 Å². The molecule has 44 heavy (non-hydrogen) atoms. The normalized spacial score (nSPS) is 11.3. The van der Waals surface area contributed by atoms with Gasteiger partial charge in [-0.15, -0.1) is 18.3 Å². The summed E-state index contributed by atoms with van der Waals surface area (Å²) in [6.45, 7) is 1.50. The molecular weight excluding hydrogens is 671 g/mol. The van der Waals surface area contributed by atoms with E-state index in [1.54, 1.807) is 19.1 Å². The van der Waals surface area contributed by atoms with Crippen molar-refractivity contribution in [1.29, 1.82) is 5.26 Å². The number of hydrogen-bond donors (Lipinski definition) is 2. The third kappa shape index (κ3) is 6.19. The molecule has 0 saturated heterocycles. The van der Waals surface area contributed by atoms with Gasteiger partial charge in [0.25, 0.3) is 11.8 Å². The summed E-state index contributed by atoms with van der Waals surface area (Å²) in [7, 11) is 1.41. The van der Waals surface area contributed by atoms with Crippen LogP contribution in [0.1, 0.15) is 37.7 Å². The molecule has 0 spiro atoms. The molecular formula is C27H18BrClF3N9O3. The Kier molecular flexibility index (Phi) is 8.26. The van der Waals surface area contributed by atoms with Crippen molar-refractivity contribution >= 4 is 56.1 Å². The van der Waals surface area contributed by atoms with Crippen molar-refractivity contribution in [2.45, 2.75) is 19.8 Å². The van der Waals surface area contributed by atoms with Crippen LogP contribution in [-0.4, -0.2) is 55.0 Å². The van der Waals surface area contributed by atoms with Gasteiger partial charge in [-0.3, -0.25) is 9.59 Å². The molecule has 2 amide bonds. The number of aryl methyl sites for hydroxylation is 1. The number of carbonyl (C=O) groups is 2. The number of nitrogens with one attached hydrogen (secondary N) is 2. The molecule has 2 N–H and O–H groups in total. The van der Waals surface area contributed by atoms with Gasteiger partial charge >= 0.3 is 6.36 Å². The maximum atomic E-state index is 13.7. The summed E-state index contributed by atoms with van der Waals surface area (Å²) in [5, 5.41) is 27.3. The van der Waals surface area contributed by atoms with Gasteiger partial charge in [0.2, 0.25) is 0 Å². The van der Waals surface area contributed by atoms with Crippen molar-refractivity contribution in [3.8, 4) is 17.6 Å². The van der Waals surface area contributed by atoms with E-state index in [1.807, 2.05) is 6.07 Å². The lowest BCUT2D eigenvalue weighted by molar-refractivity contribution is -0.274. The summed E-state index contributed by atoms with van der Waals surface area (Å²) < 4.78 is 45.4. The molecule has 0 atom stereocenters. The predicted molar refractivity (Wildman–Crippen MR) is 155 cm³/mol. The Balaban J connectivity index is 1.57. The Morgan fingerprint density at radius 2 is 1.95 bits per heavy atom. The molecule has 3 heterocycles. The van der Waals surface area contributed by atoms with Crippen LogP contribution in [0.25, 0.3) is 16.9 Å². The molecule has 0 aliphatic rings. The standard InChI is InChI=1S/C27H18BrClF3N9O3/c1-13-6-14(11-33)7-17(25(42)34-2)22(13)36-26(43)21-8-15(38-41(21)24-19(29)4-3-5-35-24)12-40-20-10-16(44-27(30,31)32)9-18(28)23(20)37-39-40/h3-10H,12H2,1-2H3,(H,34,42)(H,36,43). The van der Waals surface area contributed by atoms with E-state index in [0.29, 0.717) is 5.56 Å². The van der Waals surface area contributed by atoms with E-state index in [2.05, 4.69) is 51.7 Å². The first-order valence-corrected chi connectivity index (χ1v) is 13.6. The first-order chi connectivity index (χ1) is 20.9. The van der Waals surface area contributed by atoms with Crippen molar-refractivity contribution < 1.29 is 27.5 Å². The second-order valence-corrected chi connectivity index (χ2v) is 10.4. The maximum Gasteiger partial charge on any atom is 0.573 e. The first kappa shape index (κ1) is 30.4. The quantitative estimate of drug-likeness (QED) is 0.238. The van der Waals surface area contributed by atoms with Crippen LogP contribution in [0.3, 0.4) is 0 Å². The van der Waals surface area contributed by atoms with E-state index in [9.17, 15) is 28.0 Å². The van der Waals surface area contributed by atoms with Gasteiger partial charge in [0, 0.05) is 19.3 Å². The molecule has 5 rings (SSSR count). The minimum atomic E-state index is -4.92. The fraction of sp³-hybridized carbons (Fsp3) is 0.148. The van der Waals surface area contributed by atoms with E-state index >= 15 is 0 Å². The molecule has 0 bridgehead atoms. The highest BCUT2D eigenvalue weighted by molar-refractivity contribution is 9.10. The van der Waals surface area contributed by atoms with Crippen molar-refractivity contribution in [1.82, 2.24) is 35.1 Å². The average Bonchev–Trinajstić information content (AvgIpc) is 3.57. The highest BCUT2D eigenvalue weighted by atomic mass is 79.9. The van der Waals surface area contributed by atoms with Crippen LogP contribution < -0.4 is 15.4 Å². The zero-order chi connectivity index (χ0) is 31.8. The van der Waals surface area contributed by atoms with E-state index in [-0.39, 0.29) is 61.1 Å². The van der Waals surface area contributed by atoms with E-state index in [4.69, 9.17) is 11.6 Å². The number of aromatic nitrogens is 6. The number of hydrogen-bond acceptors (Lipinski definition) is 8. The number of halogens is 5. The molecule has 3 aromatic heterocycles. The lowest BCUT2D eigenvalue weighted by Crippen LogP contribution is -2.24. The van der Waals surface area contributed by atoms with Crippen LogP contribution in [0.4, 0.5) is 18.9 Å². The molecule has 0 radical (unpaired) electrons. The molecule has 224 valence electrons. The maximum absolute atomic E-state index is 13.7. The van der Waals surface area contributed by atoms with E-state index in [0.717, 1.165) is 12.1 Å². The Labute approximate surface area is 259 Å². The minimum absolute atomic E-state index is 0.0427. The number of anilines is 1. The van der Waals surface area contributed by atoms with Gasteiger partial charge in [-0.2, -0.15) is 10.4 Å². The van der Waals surface area contributed by atoms with Gasteiger partial charge in [-0.05, 0) is 64.8 Å². The highest BCUT2D eigenvalue weighted by Gasteiger charge is 2.32. The van der Waals surface area contributed by atoms with Gasteiger partial charge < -0.3 is 15.4 Å². The third-order valence-corrected chi connectivity index (χ3v) is 7.10. The zero-order valence-electron chi connectivity index (χ0n) is 22.6. The Bertz CT molecular complexity index is 1990. The molecule has 0 fully saturated rings. The lowest BCUT2D eigenvalue weighted by Gasteiger charge is -2.14. The summed E-state index contributed by atoms with van der Waals surface area (Å²) in [6.07, 6.45) is -3.47. The molecule has 0 saturated carbocycles. The summed E-state index contributed by atoms with van der Waals surface area (Å²) >= 11 is 9.57. The number of alkyl halides is 3. The van der Waals surface area contributed by atoms with E-state index in [1.165, 1.54) is 40.8 Å². The van der Waals surface area contributed by atoms with Crippen LogP contribution in [-0.2, 0) is 6.54 Å². The van der Waals surface area contributed by atoms with Crippen molar-refractivity contribution in [2.75, 3.05) is 12.4 Å². The average molecular weight is 689 g/mol. The Morgan fingerprint density at radius 3 is 2.64 bits per heavy atom. The predicted octanol–water partition coefficient (Wildman–Crippen LogP) is 5.17. The number of nitrogens with zero attached hydrogens (tertiary/aromatic N) is 7. The summed E-state index contributed by atoms with van der Waals surface area (Å²) in [6, 6.07) is 11.6. The highest BCUT2D eigenvalue weighted by Crippen LogP contribution is 2.32. The molecule has 0 aliphatic carbocycles. The topological polar surface area (TPSA) is 153 Å². The summed E-state index contributed by atoms with van der Waals surface area (Å²) in [5.41, 5.74) is 1.57. The molecule has 0 aliphatic heterocycles. The fourth-order valence-electron chi connectivity index (χ4n) is 4.34. The van der Waals surface area contributed by atoms with Crippen LogP contribution >= 0.6 is 27.5 Å². The third-order valence-electron chi connectivity index (χ3n) is 6.20. The van der Waals surface area contributed by atoms with Crippen LogP contribution in [0, 0.1) is 18.3 Å². The Hall–Kier alpha value is -5.01. The largest absolute Gasteiger partial charge is 0.573 e. The molecule has 12 nitrogen and oxygen atoms in total. The first-order valence-electron chi connectivity index (χ1n) is 12.4. The number of fused-ring (bicyclic) bond motifs is 1. The minimum Gasteiger partial charge on any atom is -0.406 e. The van der Waals surface area contributed by atoms with E-state index < -0.39 is 23.9 Å². The van der Waals surface area contributed by atoms with Crippen molar-refractivity contribution in [3.63, 3.8) is 0 Å². The number of pyridine rings is 1. The SMILES string of the molecule is CNC(=O)c1cc(C#N)cc(C)c1NC(=O)c1cc(Cn2nnc3c(Br)cc(OC(F)(F)F)cc32)nn1-c1ncccc1Cl. The fourth-order valence-corrected chi connectivity index (χ4v) is 5.05. The smallest absolute Gasteiger partial charge is 0.406 e. The van der Waals surface area contributed by atoms with Crippen molar-refractivity contribution in [2.24, 2.45) is 0 Å². The number of carbonyl (C=O) groups excluding carboxylic acids is 2. The second kappa shape index (κ2) is 11.9. The van der Waals surface area contributed by atoms with Crippen LogP contribution in [0.5, 0.6) is 5.75 Å². The molecule has 5 aromatic rings. The zero-order valence-corrected chi connectivity index (χ0v) is 24.9. The summed E-state index contributed by atoms with van der Waals surface area (Å²) in [4.78, 5) is 30.6. The number of rotatable bonds is 7. The van der Waals surface area contributed by atoms with Crippen molar-refractivity contribution in [3.05, 3.63) is 86.2 Å². The van der Waals surface area contributed by atoms with Gasteiger partial charge in [0.05, 0.1) is 50.1 Å². The molecule has 0 unspecified atom stereocenters. The lowest BCUT2D eigenvalue weighted by atomic mass is 10.0. The number of benzene rings is 2. The monoisotopic (exact) mass is 687 g/mol. The van der Waals surface area contributed by atoms with Crippen LogP contribution in [0.15, 0.2) is 53.1 Å². The van der Waals surface area contributed by atoms with Gasteiger partial charge in [0.1, 0.15) is 17.0 Å². The van der Waals surface area contributed by atoms with Gasteiger partial charge in [-0.25, -0.2) is 14.3 Å². The van der Waals surface area contributed by atoms with Gasteiger partial charge in [-0.1, -0.05) is 16.8 Å². The Morgan fingerprint density at radius 1 is 1.18 bits per heavy atom. The summed E-state index contributed by atoms with van der Waals surface area (Å²) in [5.74, 6) is -1.60. The second-order valence-electron chi connectivity index (χ2n) is 9.17. The molecule has 17 heteroatoms. The number of ether oxygens (including phenoxy) is 1. The van der Waals surface area contributed by atoms with Gasteiger partial charge in [0.15, 0.2) is 5.82 Å². The number of amides is 2. The molecule has 2 aromatic carbocycles. The number of nitriles is 1.